The topological polar surface area (TPSA) is 41.6 Å². The van der Waals surface area contributed by atoms with Gasteiger partial charge in [-0.25, -0.2) is 0 Å². The number of nitrogens with one attached hydrogen (secondary N) is 1. The summed E-state index contributed by atoms with van der Waals surface area (Å²) in [6.45, 7) is 6.54. The minimum atomic E-state index is -0.0198. The Morgan fingerprint density at radius 2 is 1.76 bits per heavy atom. The van der Waals surface area contributed by atoms with E-state index in [1.54, 1.807) is 0 Å². The molecule has 0 saturated carbocycles. The molecule has 1 fully saturated rings. The maximum Gasteiger partial charge on any atom is 0.251 e. The second-order valence-electron chi connectivity index (χ2n) is 6.43. The molecule has 0 radical (unpaired) electrons. The molecular weight excluding hydrogens is 312 g/mol. The van der Waals surface area contributed by atoms with Gasteiger partial charge >= 0.3 is 0 Å². The van der Waals surface area contributed by atoms with E-state index in [-0.39, 0.29) is 11.9 Å². The fraction of sp³-hybridized carbons (Fsp3) is 0.381. The Morgan fingerprint density at radius 3 is 2.40 bits per heavy atom. The van der Waals surface area contributed by atoms with Crippen molar-refractivity contribution in [1.82, 2.24) is 10.2 Å². The molecular formula is C21H26N2O2. The Kier molecular flexibility index (Phi) is 6.20. The summed E-state index contributed by atoms with van der Waals surface area (Å²) in [5.74, 6) is -0.0198. The number of carbonyl (C=O) groups excluding carboxylic acids is 1. The first-order valence-corrected chi connectivity index (χ1v) is 9.01. The van der Waals surface area contributed by atoms with Crippen LogP contribution in [0.15, 0.2) is 54.6 Å². The predicted octanol–water partition coefficient (Wildman–Crippen LogP) is 3.40. The van der Waals surface area contributed by atoms with Crippen molar-refractivity contribution in [1.29, 1.82) is 0 Å². The van der Waals surface area contributed by atoms with Crippen molar-refractivity contribution in [3.8, 4) is 0 Å². The number of benzene rings is 2. The second-order valence-corrected chi connectivity index (χ2v) is 6.43. The van der Waals surface area contributed by atoms with Crippen molar-refractivity contribution in [3.63, 3.8) is 0 Å². The van der Waals surface area contributed by atoms with E-state index in [2.05, 4.69) is 29.3 Å². The van der Waals surface area contributed by atoms with Crippen LogP contribution in [0.4, 0.5) is 0 Å². The molecule has 0 spiro atoms. The summed E-state index contributed by atoms with van der Waals surface area (Å²) in [6.07, 6.45) is 0.866. The van der Waals surface area contributed by atoms with E-state index in [0.717, 1.165) is 44.8 Å². The van der Waals surface area contributed by atoms with E-state index in [1.165, 1.54) is 5.56 Å². The van der Waals surface area contributed by atoms with Gasteiger partial charge in [0.15, 0.2) is 0 Å². The zero-order valence-corrected chi connectivity index (χ0v) is 14.8. The van der Waals surface area contributed by atoms with Gasteiger partial charge in [0.25, 0.3) is 5.91 Å². The molecule has 1 aliphatic rings. The van der Waals surface area contributed by atoms with Crippen LogP contribution in [0, 0.1) is 0 Å². The lowest BCUT2D eigenvalue weighted by Crippen LogP contribution is -2.35. The Bertz CT molecular complexity index is 664. The van der Waals surface area contributed by atoms with Crippen molar-refractivity contribution in [2.45, 2.75) is 25.9 Å². The molecule has 3 rings (SSSR count). The Morgan fingerprint density at radius 1 is 1.08 bits per heavy atom. The van der Waals surface area contributed by atoms with E-state index >= 15 is 0 Å². The highest BCUT2D eigenvalue weighted by Crippen LogP contribution is 2.17. The molecule has 1 amide bonds. The van der Waals surface area contributed by atoms with Crippen molar-refractivity contribution >= 4 is 5.91 Å². The van der Waals surface area contributed by atoms with Gasteiger partial charge in [-0.05, 0) is 29.7 Å². The highest BCUT2D eigenvalue weighted by atomic mass is 16.5. The first-order valence-electron chi connectivity index (χ1n) is 9.01. The van der Waals surface area contributed by atoms with Crippen LogP contribution in [0.3, 0.4) is 0 Å². The third-order valence-corrected chi connectivity index (χ3v) is 4.64. The summed E-state index contributed by atoms with van der Waals surface area (Å²) < 4.78 is 5.38. The first kappa shape index (κ1) is 17.6. The van der Waals surface area contributed by atoms with Gasteiger partial charge in [-0.3, -0.25) is 9.69 Å². The van der Waals surface area contributed by atoms with Gasteiger partial charge in [-0.15, -0.1) is 0 Å². The number of hydrogen-bond donors (Lipinski definition) is 1. The summed E-state index contributed by atoms with van der Waals surface area (Å²) in [6, 6.07) is 18.1. The van der Waals surface area contributed by atoms with Crippen LogP contribution >= 0.6 is 0 Å². The van der Waals surface area contributed by atoms with Crippen LogP contribution < -0.4 is 5.32 Å². The van der Waals surface area contributed by atoms with Gasteiger partial charge in [0.2, 0.25) is 0 Å². The van der Waals surface area contributed by atoms with Crippen molar-refractivity contribution in [2.24, 2.45) is 0 Å². The number of morpholine rings is 1. The molecule has 4 heteroatoms. The van der Waals surface area contributed by atoms with E-state index < -0.39 is 0 Å². The van der Waals surface area contributed by atoms with E-state index in [4.69, 9.17) is 4.74 Å². The summed E-state index contributed by atoms with van der Waals surface area (Å²) >= 11 is 0. The van der Waals surface area contributed by atoms with Crippen LogP contribution in [-0.4, -0.2) is 37.1 Å². The quantitative estimate of drug-likeness (QED) is 0.878. The molecule has 2 aromatic rings. The van der Waals surface area contributed by atoms with Gasteiger partial charge in [0.05, 0.1) is 19.3 Å². The van der Waals surface area contributed by atoms with Crippen LogP contribution in [0.25, 0.3) is 0 Å². The Balaban J connectivity index is 1.60. The lowest BCUT2D eigenvalue weighted by atomic mass is 10.0. The molecule has 1 N–H and O–H groups in total. The summed E-state index contributed by atoms with van der Waals surface area (Å²) in [7, 11) is 0. The third-order valence-electron chi connectivity index (χ3n) is 4.64. The number of nitrogens with zero attached hydrogens (tertiary/aromatic N) is 1. The molecule has 1 unspecified atom stereocenters. The summed E-state index contributed by atoms with van der Waals surface area (Å²) in [5, 5.41) is 3.13. The minimum Gasteiger partial charge on any atom is -0.379 e. The molecule has 2 aromatic carbocycles. The molecule has 0 aromatic heterocycles. The number of carbonyl (C=O) groups is 1. The zero-order valence-electron chi connectivity index (χ0n) is 14.8. The lowest BCUT2D eigenvalue weighted by Gasteiger charge is -2.26. The predicted molar refractivity (Wildman–Crippen MR) is 99.5 cm³/mol. The second kappa shape index (κ2) is 8.79. The standard InChI is InChI=1S/C21H26N2O2/c1-2-20(18-6-4-3-5-7-18)22-21(24)19-10-8-17(9-11-19)16-23-12-14-25-15-13-23/h3-11,20H,2,12-16H2,1H3,(H,22,24). The number of hydrogen-bond acceptors (Lipinski definition) is 3. The number of amides is 1. The minimum absolute atomic E-state index is 0.0198. The summed E-state index contributed by atoms with van der Waals surface area (Å²) in [4.78, 5) is 14.9. The molecule has 1 atom stereocenters. The van der Waals surface area contributed by atoms with E-state index in [0.29, 0.717) is 5.56 Å². The van der Waals surface area contributed by atoms with Gasteiger partial charge in [-0.1, -0.05) is 49.4 Å². The molecule has 132 valence electrons. The zero-order chi connectivity index (χ0) is 17.5. The monoisotopic (exact) mass is 338 g/mol. The Hall–Kier alpha value is -2.17. The van der Waals surface area contributed by atoms with Crippen molar-refractivity contribution in [2.75, 3.05) is 26.3 Å². The molecule has 1 heterocycles. The normalized spacial score (nSPS) is 16.4. The SMILES string of the molecule is CCC(NC(=O)c1ccc(CN2CCOCC2)cc1)c1ccccc1. The summed E-state index contributed by atoms with van der Waals surface area (Å²) in [5.41, 5.74) is 3.08. The molecule has 0 bridgehead atoms. The van der Waals surface area contributed by atoms with E-state index in [1.807, 2.05) is 42.5 Å². The lowest BCUT2D eigenvalue weighted by molar-refractivity contribution is 0.0342. The average Bonchev–Trinajstić information content (AvgIpc) is 2.68. The highest BCUT2D eigenvalue weighted by Gasteiger charge is 2.14. The van der Waals surface area contributed by atoms with E-state index in [9.17, 15) is 4.79 Å². The van der Waals surface area contributed by atoms with Gasteiger partial charge in [0.1, 0.15) is 0 Å². The van der Waals surface area contributed by atoms with Gasteiger partial charge in [-0.2, -0.15) is 0 Å². The van der Waals surface area contributed by atoms with Crippen molar-refractivity contribution < 1.29 is 9.53 Å². The van der Waals surface area contributed by atoms with Gasteiger partial charge in [0, 0.05) is 25.2 Å². The van der Waals surface area contributed by atoms with Crippen LogP contribution in [-0.2, 0) is 11.3 Å². The van der Waals surface area contributed by atoms with Crippen LogP contribution in [0.5, 0.6) is 0 Å². The maximum absolute atomic E-state index is 12.6. The fourth-order valence-corrected chi connectivity index (χ4v) is 3.13. The van der Waals surface area contributed by atoms with Crippen LogP contribution in [0.2, 0.25) is 0 Å². The van der Waals surface area contributed by atoms with Crippen LogP contribution in [0.1, 0.15) is 40.9 Å². The molecule has 4 nitrogen and oxygen atoms in total. The third kappa shape index (κ3) is 4.91. The number of ether oxygens (including phenoxy) is 1. The molecule has 1 saturated heterocycles. The smallest absolute Gasteiger partial charge is 0.251 e. The maximum atomic E-state index is 12.6. The molecule has 1 aliphatic heterocycles. The number of rotatable bonds is 6. The molecule has 0 aliphatic carbocycles. The van der Waals surface area contributed by atoms with Gasteiger partial charge < -0.3 is 10.1 Å². The van der Waals surface area contributed by atoms with Crippen molar-refractivity contribution in [3.05, 3.63) is 71.3 Å². The molecule has 25 heavy (non-hydrogen) atoms. The highest BCUT2D eigenvalue weighted by molar-refractivity contribution is 5.94. The first-order chi connectivity index (χ1) is 12.3. The Labute approximate surface area is 149 Å². The fourth-order valence-electron chi connectivity index (χ4n) is 3.13. The average molecular weight is 338 g/mol. The largest absolute Gasteiger partial charge is 0.379 e.